The molecule has 5 heteroatoms. The quantitative estimate of drug-likeness (QED) is 0.734. The van der Waals surface area contributed by atoms with Crippen LogP contribution in [0.25, 0.3) is 0 Å². The lowest BCUT2D eigenvalue weighted by molar-refractivity contribution is -0.137. The monoisotopic (exact) mass is 214 g/mol. The standard InChI is InChI=1S/C10H18N2O3/c1-2-5-11-10(15)12-6-3-4-8(12)7-9(13)14/h8H,2-7H2,1H3,(H,11,15)(H,13,14). The maximum atomic E-state index is 11.6. The molecule has 0 aromatic rings. The lowest BCUT2D eigenvalue weighted by Crippen LogP contribution is -2.43. The van der Waals surface area contributed by atoms with E-state index in [1.165, 1.54) is 0 Å². The van der Waals surface area contributed by atoms with E-state index in [4.69, 9.17) is 5.11 Å². The zero-order valence-electron chi connectivity index (χ0n) is 9.03. The highest BCUT2D eigenvalue weighted by Gasteiger charge is 2.29. The van der Waals surface area contributed by atoms with Gasteiger partial charge in [-0.3, -0.25) is 4.79 Å². The van der Waals surface area contributed by atoms with Crippen LogP contribution in [0.2, 0.25) is 0 Å². The molecule has 0 bridgehead atoms. The van der Waals surface area contributed by atoms with Crippen LogP contribution in [-0.2, 0) is 4.79 Å². The van der Waals surface area contributed by atoms with Crippen LogP contribution < -0.4 is 5.32 Å². The van der Waals surface area contributed by atoms with E-state index < -0.39 is 5.97 Å². The molecule has 1 aliphatic heterocycles. The first-order chi connectivity index (χ1) is 7.15. The third-order valence-electron chi connectivity index (χ3n) is 2.57. The molecule has 1 rings (SSSR count). The van der Waals surface area contributed by atoms with Gasteiger partial charge in [-0.2, -0.15) is 0 Å². The van der Waals surface area contributed by atoms with Gasteiger partial charge in [-0.05, 0) is 19.3 Å². The Balaban J connectivity index is 2.44. The zero-order chi connectivity index (χ0) is 11.3. The van der Waals surface area contributed by atoms with Crippen molar-refractivity contribution in [2.75, 3.05) is 13.1 Å². The summed E-state index contributed by atoms with van der Waals surface area (Å²) in [6.45, 7) is 3.31. The van der Waals surface area contributed by atoms with Gasteiger partial charge in [0.05, 0.1) is 6.42 Å². The third-order valence-corrected chi connectivity index (χ3v) is 2.57. The Bertz CT molecular complexity index is 243. The van der Waals surface area contributed by atoms with Crippen molar-refractivity contribution >= 4 is 12.0 Å². The molecule has 1 aliphatic rings. The van der Waals surface area contributed by atoms with Crippen molar-refractivity contribution in [3.05, 3.63) is 0 Å². The molecular formula is C10H18N2O3. The van der Waals surface area contributed by atoms with Crippen LogP contribution >= 0.6 is 0 Å². The number of likely N-dealkylation sites (tertiary alicyclic amines) is 1. The van der Waals surface area contributed by atoms with Gasteiger partial charge in [0.1, 0.15) is 0 Å². The number of aliphatic carboxylic acids is 1. The highest BCUT2D eigenvalue weighted by atomic mass is 16.4. The van der Waals surface area contributed by atoms with Crippen molar-refractivity contribution < 1.29 is 14.7 Å². The molecule has 86 valence electrons. The summed E-state index contributed by atoms with van der Waals surface area (Å²) in [5.41, 5.74) is 0. The fourth-order valence-electron chi connectivity index (χ4n) is 1.85. The summed E-state index contributed by atoms with van der Waals surface area (Å²) in [5.74, 6) is -0.838. The second-order valence-corrected chi connectivity index (χ2v) is 3.82. The topological polar surface area (TPSA) is 69.6 Å². The van der Waals surface area contributed by atoms with E-state index in [0.29, 0.717) is 13.1 Å². The molecule has 1 fully saturated rings. The number of amides is 2. The van der Waals surface area contributed by atoms with Crippen LogP contribution in [-0.4, -0.2) is 41.1 Å². The first-order valence-electron chi connectivity index (χ1n) is 5.41. The summed E-state index contributed by atoms with van der Waals surface area (Å²) >= 11 is 0. The summed E-state index contributed by atoms with van der Waals surface area (Å²) in [6.07, 6.45) is 2.64. The molecule has 15 heavy (non-hydrogen) atoms. The normalized spacial score (nSPS) is 20.3. The van der Waals surface area contributed by atoms with Crippen LogP contribution in [0, 0.1) is 0 Å². The lowest BCUT2D eigenvalue weighted by Gasteiger charge is -2.23. The average Bonchev–Trinajstić information content (AvgIpc) is 2.61. The average molecular weight is 214 g/mol. The largest absolute Gasteiger partial charge is 0.481 e. The fourth-order valence-corrected chi connectivity index (χ4v) is 1.85. The molecule has 1 atom stereocenters. The van der Waals surface area contributed by atoms with E-state index in [9.17, 15) is 9.59 Å². The van der Waals surface area contributed by atoms with Crippen molar-refractivity contribution in [3.8, 4) is 0 Å². The van der Waals surface area contributed by atoms with Crippen LogP contribution in [0.1, 0.15) is 32.6 Å². The Kier molecular flexibility index (Phi) is 4.39. The summed E-state index contributed by atoms with van der Waals surface area (Å²) < 4.78 is 0. The number of carboxylic acid groups (broad SMARTS) is 1. The highest BCUT2D eigenvalue weighted by molar-refractivity contribution is 5.76. The maximum absolute atomic E-state index is 11.6. The number of nitrogens with zero attached hydrogens (tertiary/aromatic N) is 1. The Morgan fingerprint density at radius 2 is 2.27 bits per heavy atom. The highest BCUT2D eigenvalue weighted by Crippen LogP contribution is 2.19. The first-order valence-corrected chi connectivity index (χ1v) is 5.41. The number of urea groups is 1. The van der Waals surface area contributed by atoms with Crippen molar-refractivity contribution in [3.63, 3.8) is 0 Å². The van der Waals surface area contributed by atoms with Gasteiger partial charge >= 0.3 is 12.0 Å². The zero-order valence-corrected chi connectivity index (χ0v) is 9.03. The lowest BCUT2D eigenvalue weighted by atomic mass is 10.1. The van der Waals surface area contributed by atoms with Gasteiger partial charge in [0, 0.05) is 19.1 Å². The van der Waals surface area contributed by atoms with Gasteiger partial charge in [-0.1, -0.05) is 6.92 Å². The summed E-state index contributed by atoms with van der Waals surface area (Å²) in [6, 6.07) is -0.250. The number of carboxylic acids is 1. The van der Waals surface area contributed by atoms with Crippen LogP contribution in [0.5, 0.6) is 0 Å². The van der Waals surface area contributed by atoms with Crippen LogP contribution in [0.15, 0.2) is 0 Å². The molecule has 0 spiro atoms. The number of carbonyl (C=O) groups is 2. The maximum Gasteiger partial charge on any atom is 0.317 e. The van der Waals surface area contributed by atoms with Crippen LogP contribution in [0.3, 0.4) is 0 Å². The van der Waals surface area contributed by atoms with E-state index in [1.54, 1.807) is 4.90 Å². The van der Waals surface area contributed by atoms with Crippen molar-refractivity contribution in [2.45, 2.75) is 38.6 Å². The molecule has 0 saturated carbocycles. The first kappa shape index (κ1) is 11.8. The van der Waals surface area contributed by atoms with E-state index >= 15 is 0 Å². The molecular weight excluding hydrogens is 196 g/mol. The fraction of sp³-hybridized carbons (Fsp3) is 0.800. The van der Waals surface area contributed by atoms with Gasteiger partial charge < -0.3 is 15.3 Å². The van der Waals surface area contributed by atoms with Gasteiger partial charge in [0.2, 0.25) is 0 Å². The predicted octanol–water partition coefficient (Wildman–Crippen LogP) is 1.05. The smallest absolute Gasteiger partial charge is 0.317 e. The Morgan fingerprint density at radius 1 is 1.53 bits per heavy atom. The van der Waals surface area contributed by atoms with Gasteiger partial charge in [-0.25, -0.2) is 4.79 Å². The van der Waals surface area contributed by atoms with Crippen molar-refractivity contribution in [1.29, 1.82) is 0 Å². The van der Waals surface area contributed by atoms with E-state index in [2.05, 4.69) is 5.32 Å². The summed E-state index contributed by atoms with van der Waals surface area (Å²) in [7, 11) is 0. The molecule has 2 N–H and O–H groups in total. The molecule has 1 heterocycles. The van der Waals surface area contributed by atoms with Gasteiger partial charge in [0.25, 0.3) is 0 Å². The Morgan fingerprint density at radius 3 is 2.87 bits per heavy atom. The molecule has 0 aromatic carbocycles. The minimum absolute atomic E-state index is 0.0551. The molecule has 0 aliphatic carbocycles. The Hall–Kier alpha value is -1.26. The van der Waals surface area contributed by atoms with Crippen LogP contribution in [0.4, 0.5) is 4.79 Å². The summed E-state index contributed by atoms with van der Waals surface area (Å²) in [5, 5.41) is 11.5. The number of rotatable bonds is 4. The predicted molar refractivity (Wildman–Crippen MR) is 55.7 cm³/mol. The molecule has 1 saturated heterocycles. The second kappa shape index (κ2) is 5.58. The molecule has 2 amide bonds. The SMILES string of the molecule is CCCNC(=O)N1CCCC1CC(=O)O. The second-order valence-electron chi connectivity index (χ2n) is 3.82. The van der Waals surface area contributed by atoms with Gasteiger partial charge in [-0.15, -0.1) is 0 Å². The number of hydrogen-bond donors (Lipinski definition) is 2. The third kappa shape index (κ3) is 3.42. The minimum atomic E-state index is -0.838. The van der Waals surface area contributed by atoms with Crippen molar-refractivity contribution in [1.82, 2.24) is 10.2 Å². The number of hydrogen-bond acceptors (Lipinski definition) is 2. The van der Waals surface area contributed by atoms with E-state index in [-0.39, 0.29) is 18.5 Å². The molecule has 1 unspecified atom stereocenters. The number of carbonyl (C=O) groups excluding carboxylic acids is 1. The minimum Gasteiger partial charge on any atom is -0.481 e. The molecule has 0 aromatic heterocycles. The summed E-state index contributed by atoms with van der Waals surface area (Å²) in [4.78, 5) is 23.8. The van der Waals surface area contributed by atoms with Gasteiger partial charge in [0.15, 0.2) is 0 Å². The number of nitrogens with one attached hydrogen (secondary N) is 1. The molecule has 0 radical (unpaired) electrons. The Labute approximate surface area is 89.4 Å². The van der Waals surface area contributed by atoms with Crippen molar-refractivity contribution in [2.24, 2.45) is 0 Å². The van der Waals surface area contributed by atoms with E-state index in [1.807, 2.05) is 6.92 Å². The molecule has 5 nitrogen and oxygen atoms in total. The van der Waals surface area contributed by atoms with E-state index in [0.717, 1.165) is 19.3 Å².